The van der Waals surface area contributed by atoms with Crippen molar-refractivity contribution in [2.75, 3.05) is 6.67 Å². The van der Waals surface area contributed by atoms with Crippen LogP contribution in [0.25, 0.3) is 0 Å². The van der Waals surface area contributed by atoms with Gasteiger partial charge in [0.1, 0.15) is 6.67 Å². The Morgan fingerprint density at radius 1 is 1.45 bits per heavy atom. The van der Waals surface area contributed by atoms with Crippen LogP contribution in [-0.2, 0) is 16.4 Å². The molecule has 1 heterocycles. The maximum Gasteiger partial charge on any atom is 0.251 e. The lowest BCUT2D eigenvalue weighted by Crippen LogP contribution is -2.42. The summed E-state index contributed by atoms with van der Waals surface area (Å²) < 4.78 is 39.2. The predicted octanol–water partition coefficient (Wildman–Crippen LogP) is 0.997. The molecule has 0 fully saturated rings. The SMILES string of the molecule is CC(C)NS(=O)(=O)c1ccc2c(c1)C(=O)NC(CF)C2. The van der Waals surface area contributed by atoms with E-state index in [0.29, 0.717) is 17.5 Å². The fourth-order valence-electron chi connectivity index (χ4n) is 2.16. The Labute approximate surface area is 117 Å². The van der Waals surface area contributed by atoms with Crippen molar-refractivity contribution in [3.8, 4) is 0 Å². The molecule has 1 amide bonds. The first-order valence-corrected chi connectivity index (χ1v) is 7.84. The monoisotopic (exact) mass is 300 g/mol. The summed E-state index contributed by atoms with van der Waals surface area (Å²) in [6.07, 6.45) is 0.371. The molecule has 1 aliphatic rings. The Morgan fingerprint density at radius 3 is 2.75 bits per heavy atom. The molecule has 1 unspecified atom stereocenters. The minimum absolute atomic E-state index is 0.0406. The van der Waals surface area contributed by atoms with Crippen LogP contribution >= 0.6 is 0 Å². The predicted molar refractivity (Wildman–Crippen MR) is 72.8 cm³/mol. The van der Waals surface area contributed by atoms with Crippen LogP contribution in [0.2, 0.25) is 0 Å². The first kappa shape index (κ1) is 14.9. The van der Waals surface area contributed by atoms with E-state index in [1.54, 1.807) is 19.9 Å². The molecule has 110 valence electrons. The molecular weight excluding hydrogens is 283 g/mol. The van der Waals surface area contributed by atoms with E-state index in [-0.39, 0.29) is 10.9 Å². The Bertz CT molecular complexity index is 629. The van der Waals surface area contributed by atoms with Gasteiger partial charge in [0.15, 0.2) is 0 Å². The Balaban J connectivity index is 2.38. The molecule has 20 heavy (non-hydrogen) atoms. The van der Waals surface area contributed by atoms with Gasteiger partial charge >= 0.3 is 0 Å². The molecule has 7 heteroatoms. The highest BCUT2D eigenvalue weighted by Gasteiger charge is 2.26. The summed E-state index contributed by atoms with van der Waals surface area (Å²) >= 11 is 0. The molecule has 1 aromatic carbocycles. The Kier molecular flexibility index (Phi) is 4.10. The summed E-state index contributed by atoms with van der Waals surface area (Å²) in [7, 11) is -3.64. The van der Waals surface area contributed by atoms with Crippen LogP contribution in [0, 0.1) is 0 Å². The lowest BCUT2D eigenvalue weighted by Gasteiger charge is -2.24. The minimum atomic E-state index is -3.64. The van der Waals surface area contributed by atoms with Crippen molar-refractivity contribution in [1.82, 2.24) is 10.0 Å². The van der Waals surface area contributed by atoms with Crippen molar-refractivity contribution < 1.29 is 17.6 Å². The van der Waals surface area contributed by atoms with Crippen molar-refractivity contribution in [2.45, 2.75) is 37.2 Å². The summed E-state index contributed by atoms with van der Waals surface area (Å²) in [6.45, 7) is 2.79. The lowest BCUT2D eigenvalue weighted by atomic mass is 9.96. The number of amides is 1. The van der Waals surface area contributed by atoms with Crippen molar-refractivity contribution in [3.63, 3.8) is 0 Å². The number of carbonyl (C=O) groups excluding carboxylic acids is 1. The topological polar surface area (TPSA) is 75.3 Å². The summed E-state index contributed by atoms with van der Waals surface area (Å²) in [5, 5.41) is 2.51. The average molecular weight is 300 g/mol. The van der Waals surface area contributed by atoms with E-state index in [0.717, 1.165) is 0 Å². The molecule has 0 aromatic heterocycles. The largest absolute Gasteiger partial charge is 0.346 e. The number of halogens is 1. The van der Waals surface area contributed by atoms with E-state index < -0.39 is 28.6 Å². The van der Waals surface area contributed by atoms with Gasteiger partial charge in [0.25, 0.3) is 5.91 Å². The maximum absolute atomic E-state index is 12.6. The molecule has 0 radical (unpaired) electrons. The molecule has 0 aliphatic carbocycles. The molecule has 0 saturated heterocycles. The van der Waals surface area contributed by atoms with Crippen molar-refractivity contribution >= 4 is 15.9 Å². The van der Waals surface area contributed by atoms with Gasteiger partial charge in [-0.1, -0.05) is 6.07 Å². The third kappa shape index (κ3) is 2.99. The maximum atomic E-state index is 12.6. The zero-order chi connectivity index (χ0) is 14.9. The van der Waals surface area contributed by atoms with E-state index in [1.807, 2.05) is 0 Å². The van der Waals surface area contributed by atoms with Crippen LogP contribution in [0.3, 0.4) is 0 Å². The second kappa shape index (κ2) is 5.49. The smallest absolute Gasteiger partial charge is 0.251 e. The normalized spacial score (nSPS) is 18.8. The van der Waals surface area contributed by atoms with E-state index in [2.05, 4.69) is 10.0 Å². The first-order valence-electron chi connectivity index (χ1n) is 6.35. The molecule has 5 nitrogen and oxygen atoms in total. The number of carbonyl (C=O) groups is 1. The minimum Gasteiger partial charge on any atom is -0.346 e. The fourth-order valence-corrected chi connectivity index (χ4v) is 3.44. The van der Waals surface area contributed by atoms with E-state index in [1.165, 1.54) is 12.1 Å². The zero-order valence-corrected chi connectivity index (χ0v) is 12.1. The van der Waals surface area contributed by atoms with Gasteiger partial charge in [-0.3, -0.25) is 4.79 Å². The van der Waals surface area contributed by atoms with Gasteiger partial charge < -0.3 is 5.32 Å². The highest BCUT2D eigenvalue weighted by Crippen LogP contribution is 2.21. The van der Waals surface area contributed by atoms with Crippen molar-refractivity contribution in [1.29, 1.82) is 0 Å². The molecule has 0 bridgehead atoms. The van der Waals surface area contributed by atoms with Gasteiger partial charge in [-0.2, -0.15) is 0 Å². The highest BCUT2D eigenvalue weighted by molar-refractivity contribution is 7.89. The van der Waals surface area contributed by atoms with Gasteiger partial charge in [0.05, 0.1) is 10.9 Å². The molecule has 2 N–H and O–H groups in total. The molecular formula is C13H17FN2O3S. The standard InChI is InChI=1S/C13H17FN2O3S/c1-8(2)16-20(18,19)11-4-3-9-5-10(7-14)15-13(17)12(9)6-11/h3-4,6,8,10,16H,5,7H2,1-2H3,(H,15,17). The number of rotatable bonds is 4. The van der Waals surface area contributed by atoms with Gasteiger partial charge in [-0.05, 0) is 38.0 Å². The molecule has 2 rings (SSSR count). The van der Waals surface area contributed by atoms with E-state index >= 15 is 0 Å². The third-order valence-corrected chi connectivity index (χ3v) is 4.67. The second-order valence-electron chi connectivity index (χ2n) is 5.12. The van der Waals surface area contributed by atoms with Crippen LogP contribution < -0.4 is 10.0 Å². The van der Waals surface area contributed by atoms with Gasteiger partial charge in [0.2, 0.25) is 10.0 Å². The first-order chi connectivity index (χ1) is 9.33. The quantitative estimate of drug-likeness (QED) is 0.871. The summed E-state index contributed by atoms with van der Waals surface area (Å²) in [5.74, 6) is -0.435. The number of benzene rings is 1. The van der Waals surface area contributed by atoms with Crippen LogP contribution in [0.4, 0.5) is 4.39 Å². The number of nitrogens with one attached hydrogen (secondary N) is 2. The number of sulfonamides is 1. The number of fused-ring (bicyclic) bond motifs is 1. The highest BCUT2D eigenvalue weighted by atomic mass is 32.2. The van der Waals surface area contributed by atoms with Crippen LogP contribution in [0.1, 0.15) is 29.8 Å². The molecule has 0 spiro atoms. The third-order valence-electron chi connectivity index (χ3n) is 3.01. The lowest BCUT2D eigenvalue weighted by molar-refractivity contribution is 0.0917. The molecule has 1 aliphatic heterocycles. The van der Waals surface area contributed by atoms with Gasteiger partial charge in [0, 0.05) is 11.6 Å². The number of hydrogen-bond acceptors (Lipinski definition) is 3. The van der Waals surface area contributed by atoms with Crippen LogP contribution in [0.5, 0.6) is 0 Å². The Morgan fingerprint density at radius 2 is 2.15 bits per heavy atom. The second-order valence-corrected chi connectivity index (χ2v) is 6.84. The summed E-state index contributed by atoms with van der Waals surface area (Å²) in [6, 6.07) is 3.58. The van der Waals surface area contributed by atoms with E-state index in [4.69, 9.17) is 0 Å². The zero-order valence-electron chi connectivity index (χ0n) is 11.3. The van der Waals surface area contributed by atoms with Crippen molar-refractivity contribution in [3.05, 3.63) is 29.3 Å². The fraction of sp³-hybridized carbons (Fsp3) is 0.462. The van der Waals surface area contributed by atoms with Gasteiger partial charge in [-0.15, -0.1) is 0 Å². The van der Waals surface area contributed by atoms with E-state index in [9.17, 15) is 17.6 Å². The number of alkyl halides is 1. The molecule has 0 saturated carbocycles. The van der Waals surface area contributed by atoms with Crippen LogP contribution in [0.15, 0.2) is 23.1 Å². The summed E-state index contributed by atoms with van der Waals surface area (Å²) in [4.78, 5) is 11.9. The molecule has 1 aromatic rings. The Hall–Kier alpha value is -1.47. The molecule has 1 atom stereocenters. The van der Waals surface area contributed by atoms with Crippen molar-refractivity contribution in [2.24, 2.45) is 0 Å². The average Bonchev–Trinajstić information content (AvgIpc) is 2.36. The van der Waals surface area contributed by atoms with Crippen LogP contribution in [-0.4, -0.2) is 33.1 Å². The number of hydrogen-bond donors (Lipinski definition) is 2. The summed E-state index contributed by atoms with van der Waals surface area (Å²) in [5.41, 5.74) is 0.959. The van der Waals surface area contributed by atoms with Gasteiger partial charge in [-0.25, -0.2) is 17.5 Å².